The van der Waals surface area contributed by atoms with Crippen LogP contribution in [0.4, 0.5) is 5.82 Å². The Morgan fingerprint density at radius 1 is 1.29 bits per heavy atom. The molecule has 3 N–H and O–H groups in total. The third-order valence-corrected chi connectivity index (χ3v) is 2.50. The van der Waals surface area contributed by atoms with Crippen molar-refractivity contribution in [3.8, 4) is 6.07 Å². The summed E-state index contributed by atoms with van der Waals surface area (Å²) < 4.78 is 0. The Morgan fingerprint density at radius 3 is 2.82 bits per heavy atom. The fraction of sp³-hybridized carbons (Fsp3) is 0.0769. The molecule has 2 rings (SSSR count). The van der Waals surface area contributed by atoms with Crippen molar-refractivity contribution in [1.82, 2.24) is 4.98 Å². The van der Waals surface area contributed by atoms with Gasteiger partial charge in [-0.1, -0.05) is 18.2 Å². The van der Waals surface area contributed by atoms with E-state index in [1.54, 1.807) is 42.6 Å². The Kier molecular flexibility index (Phi) is 3.03. The highest BCUT2D eigenvalue weighted by atomic mass is 16.3. The molecule has 1 atom stereocenters. The standard InChI is InChI=1S/C13H11N3O/c14-8-9-3-1-4-10(7-9)12(17)11-5-2-6-16-13(11)15/h1-7,12,17H,(H2,15,16). The maximum atomic E-state index is 10.2. The minimum Gasteiger partial charge on any atom is -0.384 e. The van der Waals surface area contributed by atoms with Gasteiger partial charge in [0, 0.05) is 11.8 Å². The van der Waals surface area contributed by atoms with Gasteiger partial charge in [0.15, 0.2) is 0 Å². The number of nitrogens with zero attached hydrogens (tertiary/aromatic N) is 2. The Balaban J connectivity index is 2.41. The number of pyridine rings is 1. The second kappa shape index (κ2) is 4.64. The molecule has 0 aliphatic carbocycles. The van der Waals surface area contributed by atoms with Gasteiger partial charge in [-0.15, -0.1) is 0 Å². The van der Waals surface area contributed by atoms with Gasteiger partial charge in [-0.3, -0.25) is 0 Å². The number of hydrogen-bond donors (Lipinski definition) is 2. The number of nitrogen functional groups attached to an aromatic ring is 1. The Morgan fingerprint density at radius 2 is 2.12 bits per heavy atom. The van der Waals surface area contributed by atoms with Crippen molar-refractivity contribution in [3.05, 3.63) is 59.3 Å². The van der Waals surface area contributed by atoms with Crippen molar-refractivity contribution >= 4 is 5.82 Å². The van der Waals surface area contributed by atoms with E-state index < -0.39 is 6.10 Å². The van der Waals surface area contributed by atoms with Crippen LogP contribution in [0.1, 0.15) is 22.8 Å². The lowest BCUT2D eigenvalue weighted by molar-refractivity contribution is 0.220. The number of benzene rings is 1. The minimum absolute atomic E-state index is 0.294. The zero-order valence-electron chi connectivity index (χ0n) is 9.04. The molecule has 1 aromatic heterocycles. The number of aliphatic hydroxyl groups is 1. The first-order chi connectivity index (χ1) is 8.22. The second-order valence-electron chi connectivity index (χ2n) is 3.62. The predicted molar refractivity (Wildman–Crippen MR) is 63.9 cm³/mol. The molecule has 0 fully saturated rings. The summed E-state index contributed by atoms with van der Waals surface area (Å²) in [4.78, 5) is 3.92. The number of rotatable bonds is 2. The molecule has 4 nitrogen and oxygen atoms in total. The van der Waals surface area contributed by atoms with E-state index in [2.05, 4.69) is 4.98 Å². The van der Waals surface area contributed by atoms with E-state index in [1.165, 1.54) is 0 Å². The summed E-state index contributed by atoms with van der Waals surface area (Å²) in [6.07, 6.45) is 0.703. The average Bonchev–Trinajstić information content (AvgIpc) is 2.38. The first-order valence-electron chi connectivity index (χ1n) is 5.11. The molecule has 1 unspecified atom stereocenters. The molecule has 17 heavy (non-hydrogen) atoms. The normalized spacial score (nSPS) is 11.8. The Labute approximate surface area is 99.0 Å². The van der Waals surface area contributed by atoms with Gasteiger partial charge in [-0.2, -0.15) is 5.26 Å². The summed E-state index contributed by atoms with van der Waals surface area (Å²) in [7, 11) is 0. The predicted octanol–water partition coefficient (Wildman–Crippen LogP) is 1.62. The summed E-state index contributed by atoms with van der Waals surface area (Å²) in [5, 5.41) is 19.0. The molecule has 0 aliphatic rings. The Bertz CT molecular complexity index is 575. The lowest BCUT2D eigenvalue weighted by atomic mass is 10.0. The fourth-order valence-electron chi connectivity index (χ4n) is 1.62. The fourth-order valence-corrected chi connectivity index (χ4v) is 1.62. The summed E-state index contributed by atoms with van der Waals surface area (Å²) >= 11 is 0. The van der Waals surface area contributed by atoms with E-state index in [1.807, 2.05) is 6.07 Å². The zero-order chi connectivity index (χ0) is 12.3. The lowest BCUT2D eigenvalue weighted by Gasteiger charge is -2.12. The van der Waals surface area contributed by atoms with Crippen LogP contribution in [0.25, 0.3) is 0 Å². The number of nitriles is 1. The van der Waals surface area contributed by atoms with Crippen LogP contribution in [-0.4, -0.2) is 10.1 Å². The summed E-state index contributed by atoms with van der Waals surface area (Å²) in [5.74, 6) is 0.294. The van der Waals surface area contributed by atoms with Crippen LogP contribution in [0.2, 0.25) is 0 Å². The van der Waals surface area contributed by atoms with Crippen LogP contribution in [-0.2, 0) is 0 Å². The van der Waals surface area contributed by atoms with Crippen molar-refractivity contribution in [3.63, 3.8) is 0 Å². The number of anilines is 1. The highest BCUT2D eigenvalue weighted by Crippen LogP contribution is 2.25. The third kappa shape index (κ3) is 2.25. The maximum absolute atomic E-state index is 10.2. The molecular weight excluding hydrogens is 214 g/mol. The number of aromatic nitrogens is 1. The van der Waals surface area contributed by atoms with Gasteiger partial charge in [0.2, 0.25) is 0 Å². The van der Waals surface area contributed by atoms with E-state index in [-0.39, 0.29) is 0 Å². The van der Waals surface area contributed by atoms with E-state index in [0.29, 0.717) is 22.5 Å². The molecule has 0 saturated heterocycles. The van der Waals surface area contributed by atoms with Gasteiger partial charge in [0.1, 0.15) is 11.9 Å². The first-order valence-corrected chi connectivity index (χ1v) is 5.11. The molecule has 4 heteroatoms. The first kappa shape index (κ1) is 11.1. The third-order valence-electron chi connectivity index (χ3n) is 2.50. The smallest absolute Gasteiger partial charge is 0.129 e. The van der Waals surface area contributed by atoms with Crippen molar-refractivity contribution in [2.45, 2.75) is 6.10 Å². The van der Waals surface area contributed by atoms with Gasteiger partial charge < -0.3 is 10.8 Å². The van der Waals surface area contributed by atoms with Gasteiger partial charge >= 0.3 is 0 Å². The highest BCUT2D eigenvalue weighted by molar-refractivity contribution is 5.45. The molecular formula is C13H11N3O. The molecule has 0 radical (unpaired) electrons. The van der Waals surface area contributed by atoms with Gasteiger partial charge in [-0.25, -0.2) is 4.98 Å². The van der Waals surface area contributed by atoms with Crippen molar-refractivity contribution in [1.29, 1.82) is 5.26 Å². The van der Waals surface area contributed by atoms with Gasteiger partial charge in [0.05, 0.1) is 11.6 Å². The minimum atomic E-state index is -0.864. The summed E-state index contributed by atoms with van der Waals surface area (Å²) in [6.45, 7) is 0. The van der Waals surface area contributed by atoms with E-state index in [0.717, 1.165) is 0 Å². The Hall–Kier alpha value is -2.38. The van der Waals surface area contributed by atoms with Crippen molar-refractivity contribution < 1.29 is 5.11 Å². The zero-order valence-corrected chi connectivity index (χ0v) is 9.04. The quantitative estimate of drug-likeness (QED) is 0.813. The second-order valence-corrected chi connectivity index (χ2v) is 3.62. The largest absolute Gasteiger partial charge is 0.384 e. The molecule has 84 valence electrons. The molecule has 0 bridgehead atoms. The molecule has 1 aromatic carbocycles. The summed E-state index contributed by atoms with van der Waals surface area (Å²) in [6, 6.07) is 12.2. The number of nitrogens with two attached hydrogens (primary N) is 1. The topological polar surface area (TPSA) is 82.9 Å². The van der Waals surface area contributed by atoms with E-state index in [9.17, 15) is 5.11 Å². The number of aliphatic hydroxyl groups excluding tert-OH is 1. The molecule has 2 aromatic rings. The van der Waals surface area contributed by atoms with Crippen LogP contribution >= 0.6 is 0 Å². The van der Waals surface area contributed by atoms with Crippen LogP contribution in [0, 0.1) is 11.3 Å². The molecule has 0 aliphatic heterocycles. The molecule has 0 saturated carbocycles. The number of hydrogen-bond acceptors (Lipinski definition) is 4. The molecule has 0 spiro atoms. The van der Waals surface area contributed by atoms with Crippen LogP contribution in [0.3, 0.4) is 0 Å². The SMILES string of the molecule is N#Cc1cccc(C(O)c2cccnc2N)c1. The highest BCUT2D eigenvalue weighted by Gasteiger charge is 2.13. The monoisotopic (exact) mass is 225 g/mol. The van der Waals surface area contributed by atoms with Crippen molar-refractivity contribution in [2.75, 3.05) is 5.73 Å². The average molecular weight is 225 g/mol. The van der Waals surface area contributed by atoms with Crippen molar-refractivity contribution in [2.24, 2.45) is 0 Å². The molecule has 1 heterocycles. The van der Waals surface area contributed by atoms with Crippen LogP contribution < -0.4 is 5.73 Å². The summed E-state index contributed by atoms with van der Waals surface area (Å²) in [5.41, 5.74) is 7.37. The van der Waals surface area contributed by atoms with Crippen LogP contribution in [0.5, 0.6) is 0 Å². The van der Waals surface area contributed by atoms with Crippen LogP contribution in [0.15, 0.2) is 42.6 Å². The van der Waals surface area contributed by atoms with Gasteiger partial charge in [-0.05, 0) is 23.8 Å². The van der Waals surface area contributed by atoms with E-state index in [4.69, 9.17) is 11.0 Å². The maximum Gasteiger partial charge on any atom is 0.129 e. The van der Waals surface area contributed by atoms with E-state index >= 15 is 0 Å². The lowest BCUT2D eigenvalue weighted by Crippen LogP contribution is -2.05. The molecule has 0 amide bonds. The van der Waals surface area contributed by atoms with Gasteiger partial charge in [0.25, 0.3) is 0 Å².